The van der Waals surface area contributed by atoms with Gasteiger partial charge in [0.1, 0.15) is 0 Å². The van der Waals surface area contributed by atoms with E-state index in [1.165, 1.54) is 0 Å². The normalized spacial score (nSPS) is 25.6. The molecule has 1 heterocycles. The van der Waals surface area contributed by atoms with E-state index in [4.69, 9.17) is 9.84 Å². The number of sulfonamides is 1. The van der Waals surface area contributed by atoms with Gasteiger partial charge in [-0.3, -0.25) is 0 Å². The summed E-state index contributed by atoms with van der Waals surface area (Å²) in [7, 11) is -4.60. The molecule has 1 rings (SSSR count). The summed E-state index contributed by atoms with van der Waals surface area (Å²) in [6, 6.07) is -0.900. The summed E-state index contributed by atoms with van der Waals surface area (Å²) in [5, 5.41) is 8.78. The van der Waals surface area contributed by atoms with Gasteiger partial charge in [0.05, 0.1) is 25.9 Å². The molecule has 0 radical (unpaired) electrons. The summed E-state index contributed by atoms with van der Waals surface area (Å²) < 4.78 is 51.9. The first-order chi connectivity index (χ1) is 6.50. The Hall–Kier alpha value is -0.310. The van der Waals surface area contributed by atoms with E-state index >= 15 is 0 Å². The smallest absolute Gasteiger partial charge is 0.350 e. The first kappa shape index (κ1) is 11.8. The Balaban J connectivity index is 2.83. The highest BCUT2D eigenvalue weighted by atomic mass is 32.2. The molecule has 0 aliphatic carbocycles. The first-order valence-electron chi connectivity index (χ1n) is 3.97. The molecule has 1 aliphatic rings. The number of hydrogen-bond acceptors (Lipinski definition) is 4. The fraction of sp³-hybridized carbons (Fsp3) is 1.00. The van der Waals surface area contributed by atoms with Gasteiger partial charge in [-0.1, -0.05) is 0 Å². The minimum absolute atomic E-state index is 0.0531. The monoisotopic (exact) mass is 231 g/mol. The van der Waals surface area contributed by atoms with Crippen LogP contribution in [-0.2, 0) is 14.8 Å². The quantitative estimate of drug-likeness (QED) is 0.692. The van der Waals surface area contributed by atoms with Gasteiger partial charge in [-0.25, -0.2) is 8.42 Å². The van der Waals surface area contributed by atoms with Crippen molar-refractivity contribution in [3.63, 3.8) is 0 Å². The Labute approximate surface area is 80.3 Å². The molecular weight excluding hydrogens is 220 g/mol. The molecule has 1 unspecified atom stereocenters. The van der Waals surface area contributed by atoms with E-state index in [2.05, 4.69) is 0 Å². The van der Waals surface area contributed by atoms with Crippen LogP contribution in [0.1, 0.15) is 0 Å². The molecule has 1 fully saturated rings. The van der Waals surface area contributed by atoms with Gasteiger partial charge < -0.3 is 9.84 Å². The van der Waals surface area contributed by atoms with Crippen LogP contribution in [-0.4, -0.2) is 56.0 Å². The van der Waals surface area contributed by atoms with Crippen molar-refractivity contribution in [2.45, 2.75) is 11.8 Å². The molecule has 0 saturated carbocycles. The number of ether oxygens (including phenoxy) is 1. The van der Waals surface area contributed by atoms with Crippen molar-refractivity contribution in [3.05, 3.63) is 0 Å². The third-order valence-electron chi connectivity index (χ3n) is 1.94. The Kier molecular flexibility index (Phi) is 3.76. The van der Waals surface area contributed by atoms with E-state index in [1.54, 1.807) is 0 Å². The van der Waals surface area contributed by atoms with Crippen LogP contribution < -0.4 is 0 Å². The SMILES string of the molecule is O=S(=O)(C(F)F)N1CCOCC1CO. The number of hydrogen-bond donors (Lipinski definition) is 1. The van der Waals surface area contributed by atoms with Gasteiger partial charge in [0, 0.05) is 6.54 Å². The number of aliphatic hydroxyl groups excluding tert-OH is 1. The van der Waals surface area contributed by atoms with E-state index in [-0.39, 0.29) is 19.8 Å². The van der Waals surface area contributed by atoms with Crippen molar-refractivity contribution >= 4 is 10.0 Å². The molecule has 1 atom stereocenters. The lowest BCUT2D eigenvalue weighted by Gasteiger charge is -2.32. The van der Waals surface area contributed by atoms with Crippen molar-refractivity contribution in [1.29, 1.82) is 0 Å². The lowest BCUT2D eigenvalue weighted by molar-refractivity contribution is 0.00803. The van der Waals surface area contributed by atoms with Gasteiger partial charge in [-0.15, -0.1) is 0 Å². The maximum atomic E-state index is 12.2. The number of alkyl halides is 2. The van der Waals surface area contributed by atoms with Crippen molar-refractivity contribution in [1.82, 2.24) is 4.31 Å². The molecule has 0 aromatic carbocycles. The molecule has 8 heteroatoms. The molecule has 1 aliphatic heterocycles. The zero-order valence-electron chi connectivity index (χ0n) is 7.27. The van der Waals surface area contributed by atoms with E-state index in [1.807, 2.05) is 0 Å². The standard InChI is InChI=1S/C6H11F2NO4S/c7-6(8)14(11,12)9-1-2-13-4-5(9)3-10/h5-6,10H,1-4H2. The van der Waals surface area contributed by atoms with Gasteiger partial charge in [-0.2, -0.15) is 13.1 Å². The summed E-state index contributed by atoms with van der Waals surface area (Å²) >= 11 is 0. The van der Waals surface area contributed by atoms with Crippen molar-refractivity contribution in [3.8, 4) is 0 Å². The minimum atomic E-state index is -4.60. The van der Waals surface area contributed by atoms with Crippen LogP contribution >= 0.6 is 0 Å². The first-order valence-corrected chi connectivity index (χ1v) is 5.48. The predicted molar refractivity (Wildman–Crippen MR) is 43.3 cm³/mol. The lowest BCUT2D eigenvalue weighted by atomic mass is 10.3. The number of rotatable bonds is 3. The van der Waals surface area contributed by atoms with E-state index in [0.717, 1.165) is 0 Å². The number of halogens is 2. The summed E-state index contributed by atoms with van der Waals surface area (Å²) in [4.78, 5) is 0. The molecular formula is C6H11F2NO4S. The Morgan fingerprint density at radius 2 is 2.21 bits per heavy atom. The summed E-state index contributed by atoms with van der Waals surface area (Å²) in [5.41, 5.74) is 0. The van der Waals surface area contributed by atoms with Crippen LogP contribution in [0.15, 0.2) is 0 Å². The second-order valence-electron chi connectivity index (χ2n) is 2.83. The Morgan fingerprint density at radius 1 is 1.57 bits per heavy atom. The summed E-state index contributed by atoms with van der Waals surface area (Å²) in [6.07, 6.45) is 0. The van der Waals surface area contributed by atoms with E-state index in [0.29, 0.717) is 4.31 Å². The van der Waals surface area contributed by atoms with Gasteiger partial charge in [0.25, 0.3) is 10.0 Å². The molecule has 14 heavy (non-hydrogen) atoms. The van der Waals surface area contributed by atoms with Crippen molar-refractivity contribution < 1.29 is 27.0 Å². The van der Waals surface area contributed by atoms with Crippen LogP contribution in [0.3, 0.4) is 0 Å². The van der Waals surface area contributed by atoms with Gasteiger partial charge >= 0.3 is 5.76 Å². The molecule has 5 nitrogen and oxygen atoms in total. The van der Waals surface area contributed by atoms with Crippen LogP contribution in [0, 0.1) is 0 Å². The minimum Gasteiger partial charge on any atom is -0.395 e. The summed E-state index contributed by atoms with van der Waals surface area (Å²) in [6.45, 7) is -0.644. The highest BCUT2D eigenvalue weighted by molar-refractivity contribution is 7.89. The third-order valence-corrected chi connectivity index (χ3v) is 3.52. The highest BCUT2D eigenvalue weighted by Crippen LogP contribution is 2.17. The highest BCUT2D eigenvalue weighted by Gasteiger charge is 2.38. The molecule has 0 bridgehead atoms. The number of morpholine rings is 1. The number of nitrogens with zero attached hydrogens (tertiary/aromatic N) is 1. The van der Waals surface area contributed by atoms with Crippen LogP contribution in [0.4, 0.5) is 8.78 Å². The fourth-order valence-electron chi connectivity index (χ4n) is 1.22. The maximum absolute atomic E-state index is 12.2. The molecule has 84 valence electrons. The molecule has 0 amide bonds. The van der Waals surface area contributed by atoms with E-state index < -0.39 is 28.4 Å². The molecule has 0 aromatic rings. The second-order valence-corrected chi connectivity index (χ2v) is 4.68. The zero-order chi connectivity index (χ0) is 10.8. The molecule has 1 saturated heterocycles. The van der Waals surface area contributed by atoms with Gasteiger partial charge in [0.15, 0.2) is 0 Å². The van der Waals surface area contributed by atoms with Gasteiger partial charge in [0.2, 0.25) is 0 Å². The largest absolute Gasteiger partial charge is 0.395 e. The third kappa shape index (κ3) is 2.19. The van der Waals surface area contributed by atoms with Crippen LogP contribution in [0.5, 0.6) is 0 Å². The van der Waals surface area contributed by atoms with Crippen LogP contribution in [0.2, 0.25) is 0 Å². The maximum Gasteiger partial charge on any atom is 0.350 e. The number of aliphatic hydroxyl groups is 1. The molecule has 0 aromatic heterocycles. The lowest BCUT2D eigenvalue weighted by Crippen LogP contribution is -2.51. The second kappa shape index (κ2) is 4.47. The average Bonchev–Trinajstić information content (AvgIpc) is 2.17. The Bertz CT molecular complexity index is 282. The molecule has 1 N–H and O–H groups in total. The van der Waals surface area contributed by atoms with Crippen molar-refractivity contribution in [2.75, 3.05) is 26.4 Å². The fourth-order valence-corrected chi connectivity index (χ4v) is 2.30. The summed E-state index contributed by atoms with van der Waals surface area (Å²) in [5.74, 6) is -3.45. The zero-order valence-corrected chi connectivity index (χ0v) is 8.08. The van der Waals surface area contributed by atoms with E-state index in [9.17, 15) is 17.2 Å². The predicted octanol–water partition coefficient (Wildman–Crippen LogP) is -0.768. The van der Waals surface area contributed by atoms with Gasteiger partial charge in [-0.05, 0) is 0 Å². The topological polar surface area (TPSA) is 66.8 Å². The van der Waals surface area contributed by atoms with Crippen molar-refractivity contribution in [2.24, 2.45) is 0 Å². The average molecular weight is 231 g/mol. The van der Waals surface area contributed by atoms with Crippen LogP contribution in [0.25, 0.3) is 0 Å². The molecule has 0 spiro atoms. The Morgan fingerprint density at radius 3 is 2.71 bits per heavy atom.